The monoisotopic (exact) mass is 339 g/mol. The number of esters is 1. The second-order valence-electron chi connectivity index (χ2n) is 6.67. The first-order chi connectivity index (χ1) is 12.2. The molecular formula is C19H21N3O3. The van der Waals surface area contributed by atoms with Crippen molar-refractivity contribution in [3.63, 3.8) is 0 Å². The van der Waals surface area contributed by atoms with Crippen LogP contribution >= 0.6 is 0 Å². The van der Waals surface area contributed by atoms with Crippen LogP contribution in [0.15, 0.2) is 42.7 Å². The van der Waals surface area contributed by atoms with Gasteiger partial charge in [-0.3, -0.25) is 14.3 Å². The molecular weight excluding hydrogens is 318 g/mol. The molecule has 2 aliphatic heterocycles. The van der Waals surface area contributed by atoms with Gasteiger partial charge in [-0.05, 0) is 37.0 Å². The number of hydrogen-bond donors (Lipinski definition) is 0. The number of aromatic nitrogens is 2. The lowest BCUT2D eigenvalue weighted by molar-refractivity contribution is -0.142. The minimum atomic E-state index is -0.205. The molecule has 2 aliphatic rings. The molecule has 0 radical (unpaired) electrons. The van der Waals surface area contributed by atoms with E-state index in [0.29, 0.717) is 32.4 Å². The Hall–Kier alpha value is -2.63. The quantitative estimate of drug-likeness (QED) is 0.788. The summed E-state index contributed by atoms with van der Waals surface area (Å²) in [4.78, 5) is 26.6. The Morgan fingerprint density at radius 2 is 2.08 bits per heavy atom. The lowest BCUT2D eigenvalue weighted by Crippen LogP contribution is -2.44. The molecule has 1 aromatic carbocycles. The number of rotatable bonds is 2. The lowest BCUT2D eigenvalue weighted by Gasteiger charge is -2.36. The van der Waals surface area contributed by atoms with Crippen molar-refractivity contribution in [2.24, 2.45) is 5.92 Å². The minimum Gasteiger partial charge on any atom is -0.466 e. The molecule has 2 atom stereocenters. The molecule has 4 rings (SSSR count). The van der Waals surface area contributed by atoms with E-state index in [1.54, 1.807) is 6.20 Å². The molecule has 25 heavy (non-hydrogen) atoms. The number of para-hydroxylation sites is 1. The average molecular weight is 339 g/mol. The fourth-order valence-electron chi connectivity index (χ4n) is 3.75. The van der Waals surface area contributed by atoms with Crippen LogP contribution in [0.3, 0.4) is 0 Å². The number of hydrogen-bond acceptors (Lipinski definition) is 4. The molecule has 6 nitrogen and oxygen atoms in total. The third-order valence-corrected chi connectivity index (χ3v) is 5.07. The van der Waals surface area contributed by atoms with Gasteiger partial charge in [0.15, 0.2) is 0 Å². The van der Waals surface area contributed by atoms with Gasteiger partial charge in [-0.15, -0.1) is 0 Å². The van der Waals surface area contributed by atoms with Crippen molar-refractivity contribution in [3.8, 4) is 0 Å². The molecule has 1 saturated heterocycles. The van der Waals surface area contributed by atoms with Gasteiger partial charge in [0.25, 0.3) is 0 Å². The van der Waals surface area contributed by atoms with Crippen molar-refractivity contribution < 1.29 is 14.3 Å². The second kappa shape index (κ2) is 6.70. The Labute approximate surface area is 146 Å². The van der Waals surface area contributed by atoms with Crippen LogP contribution < -0.4 is 4.90 Å². The molecule has 2 aromatic rings. The van der Waals surface area contributed by atoms with Crippen molar-refractivity contribution >= 4 is 17.6 Å². The largest absolute Gasteiger partial charge is 0.466 e. The van der Waals surface area contributed by atoms with Gasteiger partial charge >= 0.3 is 5.97 Å². The van der Waals surface area contributed by atoms with Crippen LogP contribution in [0.2, 0.25) is 0 Å². The zero-order valence-corrected chi connectivity index (χ0v) is 14.0. The summed E-state index contributed by atoms with van der Waals surface area (Å²) in [6.45, 7) is 0.927. The van der Waals surface area contributed by atoms with Gasteiger partial charge in [0.1, 0.15) is 0 Å². The number of nitrogens with zero attached hydrogens (tertiary/aromatic N) is 3. The normalized spacial score (nSPS) is 23.5. The van der Waals surface area contributed by atoms with Crippen LogP contribution in [0.25, 0.3) is 0 Å². The van der Waals surface area contributed by atoms with Gasteiger partial charge in [-0.2, -0.15) is 5.10 Å². The summed E-state index contributed by atoms with van der Waals surface area (Å²) in [5.41, 5.74) is 2.14. The zero-order chi connectivity index (χ0) is 17.2. The molecule has 2 unspecified atom stereocenters. The van der Waals surface area contributed by atoms with Gasteiger partial charge in [0, 0.05) is 37.0 Å². The molecule has 6 heteroatoms. The fraction of sp³-hybridized carbons (Fsp3) is 0.421. The van der Waals surface area contributed by atoms with Gasteiger partial charge in [-0.25, -0.2) is 0 Å². The Bertz CT molecular complexity index is 772. The van der Waals surface area contributed by atoms with Crippen molar-refractivity contribution in [1.29, 1.82) is 0 Å². The topological polar surface area (TPSA) is 64.4 Å². The van der Waals surface area contributed by atoms with Crippen LogP contribution in [0, 0.1) is 5.92 Å². The number of cyclic esters (lactones) is 1. The molecule has 0 N–H and O–H groups in total. The van der Waals surface area contributed by atoms with Crippen molar-refractivity contribution in [2.45, 2.75) is 31.7 Å². The Kier molecular flexibility index (Phi) is 4.26. The molecule has 130 valence electrons. The summed E-state index contributed by atoms with van der Waals surface area (Å²) in [5.74, 6) is -0.290. The molecule has 1 fully saturated rings. The molecule has 0 bridgehead atoms. The standard InChI is InChI=1S/C19H21N3O3/c23-18-7-6-14(8-11-25-18)19(24)21-13-16(22-10-3-9-20-22)12-15-4-1-2-5-17(15)21/h1-5,9-10,14,16H,6-8,11-13H2. The van der Waals surface area contributed by atoms with Gasteiger partial charge in [0.05, 0.1) is 12.6 Å². The molecule has 0 aliphatic carbocycles. The summed E-state index contributed by atoms with van der Waals surface area (Å²) >= 11 is 0. The Morgan fingerprint density at radius 3 is 2.92 bits per heavy atom. The first-order valence-electron chi connectivity index (χ1n) is 8.76. The Balaban J connectivity index is 1.62. The van der Waals surface area contributed by atoms with Gasteiger partial charge in [0.2, 0.25) is 5.91 Å². The van der Waals surface area contributed by atoms with Crippen LogP contribution in [-0.2, 0) is 20.7 Å². The maximum atomic E-state index is 13.2. The Morgan fingerprint density at radius 1 is 1.20 bits per heavy atom. The highest BCUT2D eigenvalue weighted by Crippen LogP contribution is 2.33. The SMILES string of the molecule is O=C1CCC(C(=O)N2CC(n3cccn3)Cc3ccccc32)CCO1. The van der Waals surface area contributed by atoms with Crippen LogP contribution in [-0.4, -0.2) is 34.8 Å². The molecule has 1 aromatic heterocycles. The van der Waals surface area contributed by atoms with E-state index < -0.39 is 0 Å². The van der Waals surface area contributed by atoms with E-state index in [1.165, 1.54) is 0 Å². The summed E-state index contributed by atoms with van der Waals surface area (Å²) in [7, 11) is 0. The van der Waals surface area contributed by atoms with E-state index in [0.717, 1.165) is 17.7 Å². The second-order valence-corrected chi connectivity index (χ2v) is 6.67. The maximum Gasteiger partial charge on any atom is 0.305 e. The van der Waals surface area contributed by atoms with Crippen molar-refractivity contribution in [2.75, 3.05) is 18.1 Å². The van der Waals surface area contributed by atoms with Crippen LogP contribution in [0.4, 0.5) is 5.69 Å². The highest BCUT2D eigenvalue weighted by Gasteiger charge is 2.34. The van der Waals surface area contributed by atoms with E-state index in [9.17, 15) is 9.59 Å². The van der Waals surface area contributed by atoms with Crippen LogP contribution in [0.5, 0.6) is 0 Å². The fourth-order valence-corrected chi connectivity index (χ4v) is 3.75. The number of anilines is 1. The molecule has 0 spiro atoms. The predicted octanol–water partition coefficient (Wildman–Crippen LogP) is 2.36. The summed E-state index contributed by atoms with van der Waals surface area (Å²) in [6, 6.07) is 10.1. The third kappa shape index (κ3) is 3.16. The number of fused-ring (bicyclic) bond motifs is 1. The third-order valence-electron chi connectivity index (χ3n) is 5.07. The lowest BCUT2D eigenvalue weighted by atomic mass is 9.93. The molecule has 1 amide bonds. The summed E-state index contributed by atoms with van der Waals surface area (Å²) in [6.07, 6.45) is 6.03. The first kappa shape index (κ1) is 15.9. The number of amides is 1. The van der Waals surface area contributed by atoms with Gasteiger partial charge in [-0.1, -0.05) is 18.2 Å². The van der Waals surface area contributed by atoms with Gasteiger partial charge < -0.3 is 9.64 Å². The van der Waals surface area contributed by atoms with E-state index in [4.69, 9.17) is 4.74 Å². The van der Waals surface area contributed by atoms with Crippen LogP contribution in [0.1, 0.15) is 30.9 Å². The number of benzene rings is 1. The van der Waals surface area contributed by atoms with E-state index in [1.807, 2.05) is 40.0 Å². The van der Waals surface area contributed by atoms with Crippen molar-refractivity contribution in [3.05, 3.63) is 48.3 Å². The number of carbonyl (C=O) groups is 2. The highest BCUT2D eigenvalue weighted by molar-refractivity contribution is 5.96. The highest BCUT2D eigenvalue weighted by atomic mass is 16.5. The van der Waals surface area contributed by atoms with E-state index >= 15 is 0 Å². The number of ether oxygens (including phenoxy) is 1. The summed E-state index contributed by atoms with van der Waals surface area (Å²) in [5, 5.41) is 4.36. The molecule has 3 heterocycles. The minimum absolute atomic E-state index is 0.0857. The van der Waals surface area contributed by atoms with E-state index in [2.05, 4.69) is 11.2 Å². The molecule has 0 saturated carbocycles. The smallest absolute Gasteiger partial charge is 0.305 e. The van der Waals surface area contributed by atoms with Crippen molar-refractivity contribution in [1.82, 2.24) is 9.78 Å². The number of carbonyl (C=O) groups excluding carboxylic acids is 2. The predicted molar refractivity (Wildman–Crippen MR) is 92.1 cm³/mol. The maximum absolute atomic E-state index is 13.2. The summed E-state index contributed by atoms with van der Waals surface area (Å²) < 4.78 is 7.02. The first-order valence-corrected chi connectivity index (χ1v) is 8.76. The average Bonchev–Trinajstić information content (AvgIpc) is 3.09. The zero-order valence-electron chi connectivity index (χ0n) is 14.0. The van der Waals surface area contributed by atoms with E-state index in [-0.39, 0.29) is 23.8 Å².